The van der Waals surface area contributed by atoms with Gasteiger partial charge in [0.1, 0.15) is 5.01 Å². The van der Waals surface area contributed by atoms with Crippen molar-refractivity contribution in [3.8, 4) is 0 Å². The van der Waals surface area contributed by atoms with Gasteiger partial charge >= 0.3 is 6.18 Å². The van der Waals surface area contributed by atoms with Crippen LogP contribution in [-0.4, -0.2) is 4.98 Å². The number of aromatic nitrogens is 1. The lowest BCUT2D eigenvalue weighted by molar-refractivity contribution is -0.137. The SMILES string of the molecule is Cc1cc2nc(/C=C/c3cccc(C(F)(F)F)c3)sc2cc1C. The Kier molecular flexibility index (Phi) is 3.98. The van der Waals surface area contributed by atoms with E-state index in [1.165, 1.54) is 28.5 Å². The number of nitrogens with zero attached hydrogens (tertiary/aromatic N) is 1. The number of hydrogen-bond acceptors (Lipinski definition) is 2. The van der Waals surface area contributed by atoms with Gasteiger partial charge in [-0.2, -0.15) is 13.2 Å². The zero-order valence-corrected chi connectivity index (χ0v) is 13.4. The van der Waals surface area contributed by atoms with Gasteiger partial charge in [0.05, 0.1) is 15.8 Å². The molecule has 0 fully saturated rings. The minimum absolute atomic E-state index is 0.506. The molecule has 0 amide bonds. The van der Waals surface area contributed by atoms with Crippen LogP contribution in [0.15, 0.2) is 36.4 Å². The van der Waals surface area contributed by atoms with Gasteiger partial charge in [0, 0.05) is 0 Å². The average molecular weight is 333 g/mol. The lowest BCUT2D eigenvalue weighted by Gasteiger charge is -2.06. The van der Waals surface area contributed by atoms with E-state index in [-0.39, 0.29) is 0 Å². The number of benzene rings is 2. The molecule has 0 unspecified atom stereocenters. The van der Waals surface area contributed by atoms with Crippen LogP contribution in [0.5, 0.6) is 0 Å². The predicted octanol–water partition coefficient (Wildman–Crippen LogP) is 6.10. The first kappa shape index (κ1) is 15.7. The molecule has 0 spiro atoms. The molecular formula is C18H14F3NS. The maximum Gasteiger partial charge on any atom is 0.416 e. The van der Waals surface area contributed by atoms with Gasteiger partial charge < -0.3 is 0 Å². The molecule has 1 nitrogen and oxygen atoms in total. The molecule has 0 aliphatic carbocycles. The fourth-order valence-electron chi connectivity index (χ4n) is 2.26. The monoisotopic (exact) mass is 333 g/mol. The van der Waals surface area contributed by atoms with Crippen molar-refractivity contribution in [2.75, 3.05) is 0 Å². The van der Waals surface area contributed by atoms with E-state index in [1.54, 1.807) is 18.2 Å². The summed E-state index contributed by atoms with van der Waals surface area (Å²) in [5.41, 5.74) is 3.16. The predicted molar refractivity (Wildman–Crippen MR) is 89.5 cm³/mol. The molecular weight excluding hydrogens is 319 g/mol. The number of halogens is 3. The third kappa shape index (κ3) is 3.45. The van der Waals surface area contributed by atoms with Crippen molar-refractivity contribution in [1.82, 2.24) is 4.98 Å². The molecule has 0 radical (unpaired) electrons. The lowest BCUT2D eigenvalue weighted by atomic mass is 10.1. The quantitative estimate of drug-likeness (QED) is 0.552. The van der Waals surface area contributed by atoms with Crippen molar-refractivity contribution in [1.29, 1.82) is 0 Å². The summed E-state index contributed by atoms with van der Waals surface area (Å²) in [4.78, 5) is 4.51. The second-order valence-electron chi connectivity index (χ2n) is 5.41. The Hall–Kier alpha value is -2.14. The standard InChI is InChI=1S/C18H14F3NS/c1-11-8-15-16(9-12(11)2)23-17(22-15)7-6-13-4-3-5-14(10-13)18(19,20)21/h3-10H,1-2H3/b7-6+. The molecule has 1 aromatic heterocycles. The average Bonchev–Trinajstić information content (AvgIpc) is 2.87. The van der Waals surface area contributed by atoms with Gasteiger partial charge in [-0.1, -0.05) is 18.2 Å². The number of hydrogen-bond donors (Lipinski definition) is 0. The van der Waals surface area contributed by atoms with Crippen LogP contribution in [0, 0.1) is 13.8 Å². The normalized spacial score (nSPS) is 12.4. The molecule has 5 heteroatoms. The molecule has 0 atom stereocenters. The fraction of sp³-hybridized carbons (Fsp3) is 0.167. The van der Waals surface area contributed by atoms with Crippen molar-refractivity contribution in [3.63, 3.8) is 0 Å². The number of alkyl halides is 3. The Morgan fingerprint density at radius 2 is 1.74 bits per heavy atom. The fourth-order valence-corrected chi connectivity index (χ4v) is 3.21. The zero-order valence-electron chi connectivity index (χ0n) is 12.6. The highest BCUT2D eigenvalue weighted by atomic mass is 32.1. The summed E-state index contributed by atoms with van der Waals surface area (Å²) in [6.45, 7) is 4.08. The van der Waals surface area contributed by atoms with E-state index in [4.69, 9.17) is 0 Å². The molecule has 0 aliphatic rings. The summed E-state index contributed by atoms with van der Waals surface area (Å²) in [5.74, 6) is 0. The van der Waals surface area contributed by atoms with Crippen molar-refractivity contribution in [3.05, 3.63) is 63.7 Å². The molecule has 3 aromatic rings. The molecule has 1 heterocycles. The van der Waals surface area contributed by atoms with E-state index in [9.17, 15) is 13.2 Å². The number of rotatable bonds is 2. The van der Waals surface area contributed by atoms with Gasteiger partial charge in [0.25, 0.3) is 0 Å². The Bertz CT molecular complexity index is 852. The van der Waals surface area contributed by atoms with Crippen molar-refractivity contribution >= 4 is 33.7 Å². The molecule has 118 valence electrons. The van der Waals surface area contributed by atoms with Crippen LogP contribution in [0.25, 0.3) is 22.4 Å². The second kappa shape index (κ2) is 5.81. The maximum atomic E-state index is 12.7. The van der Waals surface area contributed by atoms with Crippen LogP contribution in [0.2, 0.25) is 0 Å². The van der Waals surface area contributed by atoms with Crippen molar-refractivity contribution in [2.24, 2.45) is 0 Å². The Labute approximate surface area is 136 Å². The second-order valence-corrected chi connectivity index (χ2v) is 6.48. The van der Waals surface area contributed by atoms with Gasteiger partial charge in [-0.05, 0) is 60.9 Å². The van der Waals surface area contributed by atoms with E-state index in [0.717, 1.165) is 27.4 Å². The molecule has 2 aromatic carbocycles. The van der Waals surface area contributed by atoms with E-state index in [2.05, 4.69) is 11.1 Å². The Morgan fingerprint density at radius 1 is 1.00 bits per heavy atom. The lowest BCUT2D eigenvalue weighted by Crippen LogP contribution is -2.04. The van der Waals surface area contributed by atoms with Crippen LogP contribution < -0.4 is 0 Å². The third-order valence-electron chi connectivity index (χ3n) is 3.65. The van der Waals surface area contributed by atoms with Crippen LogP contribution in [0.4, 0.5) is 13.2 Å². The number of thiazole rings is 1. The third-order valence-corrected chi connectivity index (χ3v) is 4.64. The molecule has 3 rings (SSSR count). The largest absolute Gasteiger partial charge is 0.416 e. The highest BCUT2D eigenvalue weighted by Crippen LogP contribution is 2.30. The minimum atomic E-state index is -4.32. The summed E-state index contributed by atoms with van der Waals surface area (Å²) in [7, 11) is 0. The van der Waals surface area contributed by atoms with Crippen LogP contribution in [-0.2, 0) is 6.18 Å². The molecule has 0 saturated heterocycles. The maximum absolute atomic E-state index is 12.7. The highest BCUT2D eigenvalue weighted by molar-refractivity contribution is 7.19. The first-order valence-corrected chi connectivity index (χ1v) is 7.88. The topological polar surface area (TPSA) is 12.9 Å². The molecule has 0 saturated carbocycles. The summed E-state index contributed by atoms with van der Waals surface area (Å²) in [5, 5.41) is 0.780. The number of aryl methyl sites for hydroxylation is 2. The smallest absolute Gasteiger partial charge is 0.237 e. The van der Waals surface area contributed by atoms with E-state index >= 15 is 0 Å². The van der Waals surface area contributed by atoms with Gasteiger partial charge in [-0.25, -0.2) is 4.98 Å². The molecule has 0 bridgehead atoms. The van der Waals surface area contributed by atoms with Crippen molar-refractivity contribution < 1.29 is 13.2 Å². The first-order chi connectivity index (χ1) is 10.8. The summed E-state index contributed by atoms with van der Waals surface area (Å²) >= 11 is 1.53. The van der Waals surface area contributed by atoms with Crippen LogP contribution >= 0.6 is 11.3 Å². The highest BCUT2D eigenvalue weighted by Gasteiger charge is 2.30. The molecule has 0 N–H and O–H groups in total. The van der Waals surface area contributed by atoms with E-state index < -0.39 is 11.7 Å². The van der Waals surface area contributed by atoms with Crippen LogP contribution in [0.1, 0.15) is 27.3 Å². The number of fused-ring (bicyclic) bond motifs is 1. The van der Waals surface area contributed by atoms with Gasteiger partial charge in [-0.3, -0.25) is 0 Å². The van der Waals surface area contributed by atoms with Gasteiger partial charge in [0.2, 0.25) is 0 Å². The zero-order chi connectivity index (χ0) is 16.6. The first-order valence-electron chi connectivity index (χ1n) is 7.06. The van der Waals surface area contributed by atoms with E-state index in [1.807, 2.05) is 19.9 Å². The van der Waals surface area contributed by atoms with E-state index in [0.29, 0.717) is 5.56 Å². The minimum Gasteiger partial charge on any atom is -0.237 e. The van der Waals surface area contributed by atoms with Gasteiger partial charge in [0.15, 0.2) is 0 Å². The Balaban J connectivity index is 1.91. The Morgan fingerprint density at radius 3 is 2.48 bits per heavy atom. The molecule has 0 aliphatic heterocycles. The van der Waals surface area contributed by atoms with Crippen LogP contribution in [0.3, 0.4) is 0 Å². The van der Waals surface area contributed by atoms with Crippen molar-refractivity contribution in [2.45, 2.75) is 20.0 Å². The summed E-state index contributed by atoms with van der Waals surface area (Å²) in [6.07, 6.45) is -0.910. The summed E-state index contributed by atoms with van der Waals surface area (Å²) in [6, 6.07) is 9.38. The summed E-state index contributed by atoms with van der Waals surface area (Å²) < 4.78 is 39.2. The van der Waals surface area contributed by atoms with Gasteiger partial charge in [-0.15, -0.1) is 11.3 Å². The molecule has 23 heavy (non-hydrogen) atoms.